The van der Waals surface area contributed by atoms with Gasteiger partial charge in [0.1, 0.15) is 22.8 Å². The van der Waals surface area contributed by atoms with Gasteiger partial charge in [-0.3, -0.25) is 10.1 Å². The number of nitrogens with one attached hydrogen (secondary N) is 1. The van der Waals surface area contributed by atoms with Gasteiger partial charge in [0.15, 0.2) is 10.9 Å². The number of ether oxygens (including phenoxy) is 2. The minimum atomic E-state index is -0.226. The van der Waals surface area contributed by atoms with Crippen LogP contribution in [0.4, 0.5) is 5.13 Å². The Kier molecular flexibility index (Phi) is 5.22. The van der Waals surface area contributed by atoms with Crippen molar-refractivity contribution in [1.82, 2.24) is 4.98 Å². The van der Waals surface area contributed by atoms with E-state index in [1.165, 1.54) is 11.3 Å². The molecule has 29 heavy (non-hydrogen) atoms. The van der Waals surface area contributed by atoms with Gasteiger partial charge in [0.2, 0.25) is 0 Å². The fraction of sp³-hybridized carbons (Fsp3) is 0.182. The van der Waals surface area contributed by atoms with Crippen molar-refractivity contribution >= 4 is 33.3 Å². The van der Waals surface area contributed by atoms with E-state index >= 15 is 0 Å². The zero-order valence-corrected chi connectivity index (χ0v) is 17.1. The van der Waals surface area contributed by atoms with Gasteiger partial charge in [-0.1, -0.05) is 0 Å². The summed E-state index contributed by atoms with van der Waals surface area (Å²) >= 11 is 1.34. The van der Waals surface area contributed by atoms with Crippen LogP contribution in [0.1, 0.15) is 24.2 Å². The van der Waals surface area contributed by atoms with Crippen molar-refractivity contribution in [2.75, 3.05) is 12.4 Å². The van der Waals surface area contributed by atoms with Crippen LogP contribution in [0.5, 0.6) is 11.5 Å². The van der Waals surface area contributed by atoms with E-state index in [2.05, 4.69) is 10.3 Å². The number of hydrogen-bond acceptors (Lipinski definition) is 6. The predicted molar refractivity (Wildman–Crippen MR) is 114 cm³/mol. The first-order valence-corrected chi connectivity index (χ1v) is 10.0. The highest BCUT2D eigenvalue weighted by Crippen LogP contribution is 2.32. The molecule has 0 spiro atoms. The summed E-state index contributed by atoms with van der Waals surface area (Å²) in [5.41, 5.74) is 1.93. The van der Waals surface area contributed by atoms with Crippen LogP contribution in [-0.4, -0.2) is 24.1 Å². The third-order valence-corrected chi connectivity index (χ3v) is 4.95. The molecule has 4 aromatic rings. The number of fused-ring (bicyclic) bond motifs is 1. The van der Waals surface area contributed by atoms with Crippen molar-refractivity contribution < 1.29 is 18.7 Å². The van der Waals surface area contributed by atoms with Crippen LogP contribution >= 0.6 is 11.3 Å². The quantitative estimate of drug-likeness (QED) is 0.449. The summed E-state index contributed by atoms with van der Waals surface area (Å²) < 4.78 is 16.7. The van der Waals surface area contributed by atoms with E-state index < -0.39 is 0 Å². The first-order chi connectivity index (χ1) is 14.0. The third-order valence-electron chi connectivity index (χ3n) is 4.19. The van der Waals surface area contributed by atoms with E-state index in [9.17, 15) is 4.79 Å². The lowest BCUT2D eigenvalue weighted by atomic mass is 10.2. The van der Waals surface area contributed by atoms with Crippen molar-refractivity contribution in [3.8, 4) is 23.0 Å². The summed E-state index contributed by atoms with van der Waals surface area (Å²) in [6, 6.07) is 14.6. The highest BCUT2D eigenvalue weighted by molar-refractivity contribution is 7.14. The normalized spacial score (nSPS) is 11.0. The molecule has 0 aliphatic rings. The lowest BCUT2D eigenvalue weighted by Gasteiger charge is -2.09. The van der Waals surface area contributed by atoms with E-state index in [-0.39, 0.29) is 12.0 Å². The Hall–Kier alpha value is -3.32. The summed E-state index contributed by atoms with van der Waals surface area (Å²) in [7, 11) is 1.62. The number of furan rings is 1. The van der Waals surface area contributed by atoms with Crippen molar-refractivity contribution in [1.29, 1.82) is 0 Å². The molecule has 7 heteroatoms. The van der Waals surface area contributed by atoms with Crippen LogP contribution in [0.3, 0.4) is 0 Å². The molecular weight excluding hydrogens is 388 g/mol. The molecule has 0 unspecified atom stereocenters. The van der Waals surface area contributed by atoms with Crippen molar-refractivity contribution in [3.63, 3.8) is 0 Å². The first kappa shape index (κ1) is 19.0. The molecule has 0 saturated heterocycles. The molecule has 0 bridgehead atoms. The lowest BCUT2D eigenvalue weighted by Crippen LogP contribution is -2.12. The molecule has 0 fully saturated rings. The number of thiazole rings is 1. The number of anilines is 1. The van der Waals surface area contributed by atoms with E-state index in [4.69, 9.17) is 13.9 Å². The molecule has 0 saturated carbocycles. The summed E-state index contributed by atoms with van der Waals surface area (Å²) in [5.74, 6) is 1.88. The lowest BCUT2D eigenvalue weighted by molar-refractivity contribution is 0.102. The summed E-state index contributed by atoms with van der Waals surface area (Å²) in [5, 5.41) is 6.14. The third kappa shape index (κ3) is 4.25. The zero-order chi connectivity index (χ0) is 20.4. The van der Waals surface area contributed by atoms with Crippen molar-refractivity contribution in [3.05, 3.63) is 59.5 Å². The average Bonchev–Trinajstić information content (AvgIpc) is 3.34. The van der Waals surface area contributed by atoms with Crippen LogP contribution in [0.25, 0.3) is 22.4 Å². The number of carbonyl (C=O) groups excluding carboxylic acids is 1. The Morgan fingerprint density at radius 2 is 1.86 bits per heavy atom. The second-order valence-corrected chi connectivity index (χ2v) is 7.56. The number of nitrogens with zero attached hydrogens (tertiary/aromatic N) is 1. The van der Waals surface area contributed by atoms with E-state index in [0.717, 1.165) is 22.5 Å². The SMILES string of the molecule is COc1ccc2cc(-c3csc(NC(=O)c4ccc(OC(C)C)cc4)n3)oc2c1. The van der Waals surface area contributed by atoms with Crippen LogP contribution in [0, 0.1) is 0 Å². The smallest absolute Gasteiger partial charge is 0.257 e. The van der Waals surface area contributed by atoms with Crippen LogP contribution in [-0.2, 0) is 0 Å². The second-order valence-electron chi connectivity index (χ2n) is 6.70. The van der Waals surface area contributed by atoms with Crippen LogP contribution in [0.2, 0.25) is 0 Å². The number of amides is 1. The fourth-order valence-electron chi connectivity index (χ4n) is 2.84. The Morgan fingerprint density at radius 1 is 1.10 bits per heavy atom. The first-order valence-electron chi connectivity index (χ1n) is 9.13. The van der Waals surface area contributed by atoms with Crippen molar-refractivity contribution in [2.45, 2.75) is 20.0 Å². The number of methoxy groups -OCH3 is 1. The van der Waals surface area contributed by atoms with E-state index in [1.54, 1.807) is 31.4 Å². The molecule has 2 heterocycles. The van der Waals surface area contributed by atoms with Crippen LogP contribution in [0.15, 0.2) is 58.3 Å². The number of rotatable bonds is 6. The molecule has 2 aromatic carbocycles. The van der Waals surface area contributed by atoms with Gasteiger partial charge in [0, 0.05) is 22.4 Å². The maximum Gasteiger partial charge on any atom is 0.257 e. The Morgan fingerprint density at radius 3 is 2.59 bits per heavy atom. The Balaban J connectivity index is 1.48. The molecule has 4 rings (SSSR count). The van der Waals surface area contributed by atoms with Crippen LogP contribution < -0.4 is 14.8 Å². The Bertz CT molecular complexity index is 1150. The predicted octanol–water partition coefficient (Wildman–Crippen LogP) is 5.60. The van der Waals surface area contributed by atoms with E-state index in [0.29, 0.717) is 22.1 Å². The second kappa shape index (κ2) is 7.97. The standard InChI is InChI=1S/C22H20N2O4S/c1-13(2)27-16-7-4-14(5-8-16)21(25)24-22-23-18(12-29-22)20-10-15-6-9-17(26-3)11-19(15)28-20/h4-13H,1-3H3,(H,23,24,25). The van der Waals surface area contributed by atoms with Gasteiger partial charge in [-0.2, -0.15) is 0 Å². The van der Waals surface area contributed by atoms with Crippen molar-refractivity contribution in [2.24, 2.45) is 0 Å². The number of carbonyl (C=O) groups is 1. The Labute approximate surface area is 172 Å². The van der Waals surface area contributed by atoms with Gasteiger partial charge < -0.3 is 13.9 Å². The zero-order valence-electron chi connectivity index (χ0n) is 16.3. The van der Waals surface area contributed by atoms with Gasteiger partial charge >= 0.3 is 0 Å². The highest BCUT2D eigenvalue weighted by Gasteiger charge is 2.13. The average molecular weight is 408 g/mol. The highest BCUT2D eigenvalue weighted by atomic mass is 32.1. The molecule has 0 aliphatic heterocycles. The topological polar surface area (TPSA) is 73.6 Å². The molecule has 1 N–H and O–H groups in total. The van der Waals surface area contributed by atoms with Gasteiger partial charge in [-0.25, -0.2) is 4.98 Å². The summed E-state index contributed by atoms with van der Waals surface area (Å²) in [4.78, 5) is 17.0. The largest absolute Gasteiger partial charge is 0.497 e. The molecule has 1 amide bonds. The minimum absolute atomic E-state index is 0.0859. The van der Waals surface area contributed by atoms with Gasteiger partial charge in [0.25, 0.3) is 5.91 Å². The maximum atomic E-state index is 12.5. The number of hydrogen-bond donors (Lipinski definition) is 1. The molecule has 0 atom stereocenters. The molecule has 148 valence electrons. The molecule has 0 aliphatic carbocycles. The number of benzene rings is 2. The van der Waals surface area contributed by atoms with Gasteiger partial charge in [-0.05, 0) is 56.3 Å². The number of aromatic nitrogens is 1. The molecule has 6 nitrogen and oxygen atoms in total. The molecule has 0 radical (unpaired) electrons. The molecular formula is C22H20N2O4S. The molecule has 2 aromatic heterocycles. The summed E-state index contributed by atoms with van der Waals surface area (Å²) in [6.45, 7) is 3.92. The summed E-state index contributed by atoms with van der Waals surface area (Å²) in [6.07, 6.45) is 0.0859. The van der Waals surface area contributed by atoms with E-state index in [1.807, 2.05) is 43.5 Å². The maximum absolute atomic E-state index is 12.5. The fourth-order valence-corrected chi connectivity index (χ4v) is 3.53. The van der Waals surface area contributed by atoms with Gasteiger partial charge in [-0.15, -0.1) is 11.3 Å². The minimum Gasteiger partial charge on any atom is -0.497 e. The van der Waals surface area contributed by atoms with Gasteiger partial charge in [0.05, 0.1) is 13.2 Å². The monoisotopic (exact) mass is 408 g/mol.